The summed E-state index contributed by atoms with van der Waals surface area (Å²) >= 11 is 0.992. The maximum absolute atomic E-state index is 14.9. The number of amides is 1. The third-order valence-corrected chi connectivity index (χ3v) is 6.92. The number of primary amides is 1. The number of hydrogen-bond donors (Lipinski definition) is 3. The Labute approximate surface area is 222 Å². The molecular formula is C27H28F2N4O4S. The number of anilines is 2. The SMILES string of the molecule is Cc1noc(C)c1COCCc1cccc(Nc2sc(-c3c(F)cc(CC(C)O)cc3F)cc2C(N)=O)n1. The Bertz CT molecular complexity index is 1410. The Balaban J connectivity index is 1.49. The van der Waals surface area contributed by atoms with Crippen molar-refractivity contribution in [3.63, 3.8) is 0 Å². The van der Waals surface area contributed by atoms with Crippen LogP contribution >= 0.6 is 11.3 Å². The minimum Gasteiger partial charge on any atom is -0.393 e. The smallest absolute Gasteiger partial charge is 0.251 e. The number of aliphatic hydroxyl groups excluding tert-OH is 1. The summed E-state index contributed by atoms with van der Waals surface area (Å²) in [6.07, 6.45) is -0.0901. The lowest BCUT2D eigenvalue weighted by atomic mass is 10.0. The largest absolute Gasteiger partial charge is 0.393 e. The molecule has 0 aliphatic heterocycles. The number of nitrogens with two attached hydrogens (primary N) is 1. The number of nitrogens with one attached hydrogen (secondary N) is 1. The molecular weight excluding hydrogens is 514 g/mol. The first-order valence-corrected chi connectivity index (χ1v) is 12.8. The lowest BCUT2D eigenvalue weighted by Gasteiger charge is -2.09. The average Bonchev–Trinajstić information content (AvgIpc) is 3.39. The molecule has 3 aromatic heterocycles. The Morgan fingerprint density at radius 2 is 1.97 bits per heavy atom. The van der Waals surface area contributed by atoms with Gasteiger partial charge in [0.15, 0.2) is 0 Å². The topological polar surface area (TPSA) is 124 Å². The molecule has 3 heterocycles. The molecule has 0 fully saturated rings. The summed E-state index contributed by atoms with van der Waals surface area (Å²) in [5, 5.41) is 16.8. The van der Waals surface area contributed by atoms with Gasteiger partial charge in [-0.2, -0.15) is 0 Å². The maximum Gasteiger partial charge on any atom is 0.251 e. The maximum atomic E-state index is 14.9. The van der Waals surface area contributed by atoms with Crippen LogP contribution in [0.25, 0.3) is 10.4 Å². The number of nitrogens with zero attached hydrogens (tertiary/aromatic N) is 2. The fraction of sp³-hybridized carbons (Fsp3) is 0.296. The number of ether oxygens (including phenoxy) is 1. The first-order valence-electron chi connectivity index (χ1n) is 11.9. The van der Waals surface area contributed by atoms with Crippen LogP contribution in [0.1, 0.15) is 45.6 Å². The quantitative estimate of drug-likeness (QED) is 0.222. The number of rotatable bonds is 11. The van der Waals surface area contributed by atoms with Crippen molar-refractivity contribution in [3.05, 3.63) is 81.9 Å². The summed E-state index contributed by atoms with van der Waals surface area (Å²) in [6.45, 7) is 6.03. The van der Waals surface area contributed by atoms with E-state index in [1.54, 1.807) is 12.1 Å². The lowest BCUT2D eigenvalue weighted by Crippen LogP contribution is -2.11. The van der Waals surface area contributed by atoms with E-state index in [-0.39, 0.29) is 22.4 Å². The zero-order valence-electron chi connectivity index (χ0n) is 21.2. The normalized spacial score (nSPS) is 12.1. The molecule has 200 valence electrons. The monoisotopic (exact) mass is 542 g/mol. The number of carbonyl (C=O) groups excluding carboxylic acids is 1. The molecule has 38 heavy (non-hydrogen) atoms. The highest BCUT2D eigenvalue weighted by Crippen LogP contribution is 2.39. The minimum atomic E-state index is -0.791. The molecule has 1 amide bonds. The molecule has 0 saturated carbocycles. The van der Waals surface area contributed by atoms with Crippen LogP contribution in [0.4, 0.5) is 19.6 Å². The molecule has 8 nitrogen and oxygen atoms in total. The van der Waals surface area contributed by atoms with Gasteiger partial charge >= 0.3 is 0 Å². The molecule has 1 aromatic carbocycles. The van der Waals surface area contributed by atoms with Crippen molar-refractivity contribution < 1.29 is 27.9 Å². The van der Waals surface area contributed by atoms with Gasteiger partial charge < -0.3 is 25.4 Å². The third-order valence-electron chi connectivity index (χ3n) is 5.86. The first-order chi connectivity index (χ1) is 18.1. The van der Waals surface area contributed by atoms with E-state index in [2.05, 4.69) is 15.5 Å². The highest BCUT2D eigenvalue weighted by molar-refractivity contribution is 7.20. The number of halogens is 2. The molecule has 4 aromatic rings. The second kappa shape index (κ2) is 11.8. The van der Waals surface area contributed by atoms with Crippen LogP contribution in [0.2, 0.25) is 0 Å². The molecule has 11 heteroatoms. The number of pyridine rings is 1. The molecule has 0 aliphatic carbocycles. The number of aromatic nitrogens is 2. The van der Waals surface area contributed by atoms with Crippen LogP contribution in [-0.2, 0) is 24.2 Å². The first kappa shape index (κ1) is 27.4. The predicted molar refractivity (Wildman–Crippen MR) is 140 cm³/mol. The molecule has 0 saturated heterocycles. The molecule has 0 aliphatic rings. The van der Waals surface area contributed by atoms with Crippen molar-refractivity contribution >= 4 is 28.1 Å². The van der Waals surface area contributed by atoms with E-state index >= 15 is 0 Å². The van der Waals surface area contributed by atoms with E-state index < -0.39 is 23.6 Å². The Kier molecular flexibility index (Phi) is 8.50. The van der Waals surface area contributed by atoms with Gasteiger partial charge in [0.1, 0.15) is 28.2 Å². The molecule has 1 atom stereocenters. The zero-order valence-corrected chi connectivity index (χ0v) is 22.0. The van der Waals surface area contributed by atoms with Gasteiger partial charge in [0.25, 0.3) is 5.91 Å². The van der Waals surface area contributed by atoms with Gasteiger partial charge in [-0.05, 0) is 63.1 Å². The standard InChI is InChI=1S/C27H28F2N4O4S/c1-14(34)9-17-10-21(28)25(22(29)11-17)23-12-19(26(30)35)27(38-23)32-24-6-4-5-18(31-24)7-8-36-13-20-15(2)33-37-16(20)3/h4-6,10-12,14,34H,7-9,13H2,1-3H3,(H2,30,35)(H,31,32). The van der Waals surface area contributed by atoms with Crippen LogP contribution < -0.4 is 11.1 Å². The Hall–Kier alpha value is -3.67. The van der Waals surface area contributed by atoms with Crippen LogP contribution in [0.15, 0.2) is 40.9 Å². The molecule has 0 bridgehead atoms. The van der Waals surface area contributed by atoms with Gasteiger partial charge in [-0.25, -0.2) is 13.8 Å². The molecule has 0 radical (unpaired) electrons. The second-order valence-corrected chi connectivity index (χ2v) is 10.0. The van der Waals surface area contributed by atoms with Gasteiger partial charge in [-0.3, -0.25) is 4.79 Å². The molecule has 0 spiro atoms. The van der Waals surface area contributed by atoms with Gasteiger partial charge in [-0.15, -0.1) is 11.3 Å². The van der Waals surface area contributed by atoms with E-state index in [4.69, 9.17) is 15.0 Å². The van der Waals surface area contributed by atoms with Gasteiger partial charge in [0, 0.05) is 22.6 Å². The highest BCUT2D eigenvalue weighted by atomic mass is 32.1. The summed E-state index contributed by atoms with van der Waals surface area (Å²) in [6, 6.07) is 9.08. The summed E-state index contributed by atoms with van der Waals surface area (Å²) in [4.78, 5) is 16.9. The molecule has 4 rings (SSSR count). The third kappa shape index (κ3) is 6.42. The van der Waals surface area contributed by atoms with E-state index in [0.29, 0.717) is 36.0 Å². The second-order valence-electron chi connectivity index (χ2n) is 8.95. The summed E-state index contributed by atoms with van der Waals surface area (Å²) in [5.74, 6) is -1.16. The number of aliphatic hydroxyl groups is 1. The predicted octanol–water partition coefficient (Wildman–Crippen LogP) is 5.22. The fourth-order valence-corrected chi connectivity index (χ4v) is 5.09. The van der Waals surface area contributed by atoms with E-state index in [9.17, 15) is 18.7 Å². The summed E-state index contributed by atoms with van der Waals surface area (Å²) < 4.78 is 40.6. The van der Waals surface area contributed by atoms with Gasteiger partial charge in [-0.1, -0.05) is 11.2 Å². The zero-order chi connectivity index (χ0) is 27.4. The van der Waals surface area contributed by atoms with Crippen LogP contribution in [0.5, 0.6) is 0 Å². The van der Waals surface area contributed by atoms with E-state index in [0.717, 1.165) is 34.0 Å². The molecule has 1 unspecified atom stereocenters. The average molecular weight is 543 g/mol. The summed E-state index contributed by atoms with van der Waals surface area (Å²) in [5.41, 5.74) is 8.17. The number of hydrogen-bond acceptors (Lipinski definition) is 8. The lowest BCUT2D eigenvalue weighted by molar-refractivity contribution is 0.100. The van der Waals surface area contributed by atoms with Crippen molar-refractivity contribution in [1.82, 2.24) is 10.1 Å². The van der Waals surface area contributed by atoms with Crippen LogP contribution in [-0.4, -0.2) is 33.9 Å². The van der Waals surface area contributed by atoms with Crippen molar-refractivity contribution in [1.29, 1.82) is 0 Å². The van der Waals surface area contributed by atoms with Gasteiger partial charge in [0.2, 0.25) is 0 Å². The minimum absolute atomic E-state index is 0.0897. The van der Waals surface area contributed by atoms with E-state index in [1.165, 1.54) is 25.1 Å². The Morgan fingerprint density at radius 1 is 1.24 bits per heavy atom. The Morgan fingerprint density at radius 3 is 2.61 bits per heavy atom. The van der Waals surface area contributed by atoms with Crippen molar-refractivity contribution in [2.24, 2.45) is 5.73 Å². The van der Waals surface area contributed by atoms with Crippen LogP contribution in [0, 0.1) is 25.5 Å². The van der Waals surface area contributed by atoms with Crippen molar-refractivity contribution in [3.8, 4) is 10.4 Å². The summed E-state index contributed by atoms with van der Waals surface area (Å²) in [7, 11) is 0. The van der Waals surface area contributed by atoms with Crippen molar-refractivity contribution in [2.45, 2.75) is 46.3 Å². The van der Waals surface area contributed by atoms with Crippen LogP contribution in [0.3, 0.4) is 0 Å². The van der Waals surface area contributed by atoms with E-state index in [1.807, 2.05) is 19.9 Å². The number of thiophene rings is 1. The number of aryl methyl sites for hydroxylation is 2. The highest BCUT2D eigenvalue weighted by Gasteiger charge is 2.21. The fourth-order valence-electron chi connectivity index (χ4n) is 3.97. The molecule has 4 N–H and O–H groups in total. The van der Waals surface area contributed by atoms with Crippen molar-refractivity contribution in [2.75, 3.05) is 11.9 Å². The van der Waals surface area contributed by atoms with Gasteiger partial charge in [0.05, 0.1) is 36.1 Å². The number of benzene rings is 1. The number of carbonyl (C=O) groups is 1.